The van der Waals surface area contributed by atoms with Crippen LogP contribution < -0.4 is 15.8 Å². The quantitative estimate of drug-likeness (QED) is 0.719. The Morgan fingerprint density at radius 3 is 2.88 bits per heavy atom. The van der Waals surface area contributed by atoms with Crippen molar-refractivity contribution in [2.75, 3.05) is 19.4 Å². The Labute approximate surface area is 104 Å². The molecule has 0 aliphatic rings. The molecule has 1 aromatic carbocycles. The topological polar surface area (TPSA) is 81.4 Å². The maximum absolute atomic E-state index is 11.3. The van der Waals surface area contributed by atoms with Crippen LogP contribution in [0.1, 0.15) is 0 Å². The van der Waals surface area contributed by atoms with E-state index in [1.807, 2.05) is 24.3 Å². The molecule has 0 unspecified atom stereocenters. The van der Waals surface area contributed by atoms with Gasteiger partial charge in [-0.3, -0.25) is 9.59 Å². The minimum Gasteiger partial charge on any atom is -0.497 e. The lowest BCUT2D eigenvalue weighted by Crippen LogP contribution is -2.34. The van der Waals surface area contributed by atoms with Crippen LogP contribution in [-0.4, -0.2) is 31.2 Å². The summed E-state index contributed by atoms with van der Waals surface area (Å²) in [5.74, 6) is 0.203. The van der Waals surface area contributed by atoms with Gasteiger partial charge in [-0.15, -0.1) is 11.8 Å². The van der Waals surface area contributed by atoms with Crippen molar-refractivity contribution in [3.8, 4) is 5.75 Å². The van der Waals surface area contributed by atoms with E-state index in [4.69, 9.17) is 10.5 Å². The number of hydrogen-bond acceptors (Lipinski definition) is 4. The van der Waals surface area contributed by atoms with E-state index < -0.39 is 5.91 Å². The largest absolute Gasteiger partial charge is 0.497 e. The molecule has 17 heavy (non-hydrogen) atoms. The predicted octanol–water partition coefficient (Wildman–Crippen LogP) is 0.389. The van der Waals surface area contributed by atoms with E-state index in [-0.39, 0.29) is 18.2 Å². The van der Waals surface area contributed by atoms with Gasteiger partial charge in [-0.05, 0) is 18.2 Å². The predicted molar refractivity (Wildman–Crippen MR) is 65.9 cm³/mol. The second-order valence-electron chi connectivity index (χ2n) is 3.21. The van der Waals surface area contributed by atoms with Crippen molar-refractivity contribution in [3.05, 3.63) is 24.3 Å². The number of ether oxygens (including phenoxy) is 1. The summed E-state index contributed by atoms with van der Waals surface area (Å²) in [7, 11) is 1.59. The van der Waals surface area contributed by atoms with Crippen molar-refractivity contribution < 1.29 is 14.3 Å². The van der Waals surface area contributed by atoms with E-state index in [0.717, 1.165) is 10.6 Å². The fourth-order valence-electron chi connectivity index (χ4n) is 1.08. The number of nitrogens with one attached hydrogen (secondary N) is 1. The van der Waals surface area contributed by atoms with Gasteiger partial charge in [0, 0.05) is 4.90 Å². The minimum atomic E-state index is -0.551. The van der Waals surface area contributed by atoms with Gasteiger partial charge >= 0.3 is 0 Å². The number of benzene rings is 1. The first-order chi connectivity index (χ1) is 8.11. The van der Waals surface area contributed by atoms with E-state index in [1.165, 1.54) is 11.8 Å². The van der Waals surface area contributed by atoms with Gasteiger partial charge in [-0.1, -0.05) is 6.07 Å². The van der Waals surface area contributed by atoms with Gasteiger partial charge in [-0.2, -0.15) is 0 Å². The molecule has 0 fully saturated rings. The number of thioether (sulfide) groups is 1. The second-order valence-corrected chi connectivity index (χ2v) is 4.26. The Morgan fingerprint density at radius 1 is 1.47 bits per heavy atom. The molecule has 0 aliphatic carbocycles. The van der Waals surface area contributed by atoms with Crippen LogP contribution in [0, 0.1) is 0 Å². The Hall–Kier alpha value is -1.69. The van der Waals surface area contributed by atoms with E-state index in [2.05, 4.69) is 5.32 Å². The van der Waals surface area contributed by atoms with Crippen LogP contribution in [0.2, 0.25) is 0 Å². The highest BCUT2D eigenvalue weighted by atomic mass is 32.2. The number of hydrogen-bond donors (Lipinski definition) is 2. The fourth-order valence-corrected chi connectivity index (χ4v) is 1.85. The highest BCUT2D eigenvalue weighted by Crippen LogP contribution is 2.22. The molecule has 6 heteroatoms. The molecule has 92 valence electrons. The lowest BCUT2D eigenvalue weighted by Gasteiger charge is -2.04. The zero-order valence-corrected chi connectivity index (χ0v) is 10.3. The van der Waals surface area contributed by atoms with E-state index >= 15 is 0 Å². The number of rotatable bonds is 6. The van der Waals surface area contributed by atoms with Crippen LogP contribution >= 0.6 is 11.8 Å². The third kappa shape index (κ3) is 5.26. The average Bonchev–Trinajstić information content (AvgIpc) is 2.34. The monoisotopic (exact) mass is 254 g/mol. The summed E-state index contributed by atoms with van der Waals surface area (Å²) >= 11 is 1.37. The third-order valence-corrected chi connectivity index (χ3v) is 2.86. The molecule has 0 spiro atoms. The molecule has 1 rings (SSSR count). The van der Waals surface area contributed by atoms with Crippen molar-refractivity contribution in [2.24, 2.45) is 5.73 Å². The summed E-state index contributed by atoms with van der Waals surface area (Å²) in [4.78, 5) is 22.7. The van der Waals surface area contributed by atoms with Crippen molar-refractivity contribution in [1.29, 1.82) is 0 Å². The van der Waals surface area contributed by atoms with E-state index in [9.17, 15) is 9.59 Å². The number of nitrogens with two attached hydrogens (primary N) is 1. The maximum atomic E-state index is 11.3. The second kappa shape index (κ2) is 6.80. The summed E-state index contributed by atoms with van der Waals surface area (Å²) in [5, 5.41) is 2.42. The van der Waals surface area contributed by atoms with Gasteiger partial charge in [-0.25, -0.2) is 0 Å². The highest BCUT2D eigenvalue weighted by molar-refractivity contribution is 8.00. The third-order valence-electron chi connectivity index (χ3n) is 1.87. The molecular formula is C11H14N2O3S. The Kier molecular flexibility index (Phi) is 5.35. The maximum Gasteiger partial charge on any atom is 0.236 e. The van der Waals surface area contributed by atoms with Crippen molar-refractivity contribution in [3.63, 3.8) is 0 Å². The molecule has 3 N–H and O–H groups in total. The lowest BCUT2D eigenvalue weighted by atomic mass is 10.3. The van der Waals surface area contributed by atoms with E-state index in [1.54, 1.807) is 7.11 Å². The molecule has 0 heterocycles. The number of methoxy groups -OCH3 is 1. The van der Waals surface area contributed by atoms with Gasteiger partial charge in [0.15, 0.2) is 0 Å². The molecule has 0 saturated heterocycles. The summed E-state index contributed by atoms with van der Waals surface area (Å²) < 4.78 is 5.07. The van der Waals surface area contributed by atoms with Crippen LogP contribution in [0.4, 0.5) is 0 Å². The molecule has 0 saturated carbocycles. The summed E-state index contributed by atoms with van der Waals surface area (Å²) in [6.45, 7) is -0.127. The SMILES string of the molecule is COc1cccc(SCC(=O)NCC(N)=O)c1. The fraction of sp³-hybridized carbons (Fsp3) is 0.273. The molecule has 0 aliphatic heterocycles. The van der Waals surface area contributed by atoms with Crippen molar-refractivity contribution >= 4 is 23.6 Å². The molecule has 0 atom stereocenters. The first-order valence-electron chi connectivity index (χ1n) is 4.93. The average molecular weight is 254 g/mol. The van der Waals surface area contributed by atoms with Crippen molar-refractivity contribution in [2.45, 2.75) is 4.90 Å². The Morgan fingerprint density at radius 2 is 2.24 bits per heavy atom. The Balaban J connectivity index is 2.39. The molecular weight excluding hydrogens is 240 g/mol. The van der Waals surface area contributed by atoms with E-state index in [0.29, 0.717) is 0 Å². The molecule has 0 bridgehead atoms. The van der Waals surface area contributed by atoms with Gasteiger partial charge in [0.2, 0.25) is 11.8 Å². The highest BCUT2D eigenvalue weighted by Gasteiger charge is 2.04. The number of primary amides is 1. The molecule has 0 radical (unpaired) electrons. The summed E-state index contributed by atoms with van der Waals surface area (Å²) in [5.41, 5.74) is 4.91. The standard InChI is InChI=1S/C11H14N2O3S/c1-16-8-3-2-4-9(5-8)17-7-11(15)13-6-10(12)14/h2-5H,6-7H2,1H3,(H2,12,14)(H,13,15). The van der Waals surface area contributed by atoms with Crippen LogP contribution in [-0.2, 0) is 9.59 Å². The number of amides is 2. The van der Waals surface area contributed by atoms with Gasteiger partial charge < -0.3 is 15.8 Å². The van der Waals surface area contributed by atoms with Crippen LogP contribution in [0.15, 0.2) is 29.2 Å². The molecule has 5 nitrogen and oxygen atoms in total. The lowest BCUT2D eigenvalue weighted by molar-refractivity contribution is -0.123. The molecule has 1 aromatic rings. The van der Waals surface area contributed by atoms with Gasteiger partial charge in [0.1, 0.15) is 5.75 Å². The van der Waals surface area contributed by atoms with Gasteiger partial charge in [0.05, 0.1) is 19.4 Å². The zero-order chi connectivity index (χ0) is 12.7. The van der Waals surface area contributed by atoms with Crippen LogP contribution in [0.3, 0.4) is 0 Å². The first kappa shape index (κ1) is 13.4. The summed E-state index contributed by atoms with van der Waals surface area (Å²) in [6, 6.07) is 7.40. The number of carbonyl (C=O) groups is 2. The minimum absolute atomic E-state index is 0.127. The normalized spacial score (nSPS) is 9.71. The van der Waals surface area contributed by atoms with Crippen LogP contribution in [0.25, 0.3) is 0 Å². The van der Waals surface area contributed by atoms with Crippen LogP contribution in [0.5, 0.6) is 5.75 Å². The smallest absolute Gasteiger partial charge is 0.236 e. The first-order valence-corrected chi connectivity index (χ1v) is 5.92. The van der Waals surface area contributed by atoms with Crippen molar-refractivity contribution in [1.82, 2.24) is 5.32 Å². The number of carbonyl (C=O) groups excluding carboxylic acids is 2. The zero-order valence-electron chi connectivity index (χ0n) is 9.43. The molecule has 0 aromatic heterocycles. The van der Waals surface area contributed by atoms with Gasteiger partial charge in [0.25, 0.3) is 0 Å². The Bertz CT molecular complexity index is 409. The molecule has 2 amide bonds. The summed E-state index contributed by atoms with van der Waals surface area (Å²) in [6.07, 6.45) is 0.